The number of nitrogens with zero attached hydrogens (tertiary/aromatic N) is 1. The van der Waals surface area contributed by atoms with Crippen molar-refractivity contribution >= 4 is 33.2 Å². The van der Waals surface area contributed by atoms with Crippen LogP contribution < -0.4 is 5.73 Å². The third kappa shape index (κ3) is 4.13. The second kappa shape index (κ2) is 7.95. The van der Waals surface area contributed by atoms with Gasteiger partial charge in [0.25, 0.3) is 0 Å². The van der Waals surface area contributed by atoms with Gasteiger partial charge < -0.3 is 10.5 Å². The number of sulfonamides is 1. The Balaban J connectivity index is 2.02. The van der Waals surface area contributed by atoms with E-state index in [0.717, 1.165) is 6.42 Å². The van der Waals surface area contributed by atoms with Crippen LogP contribution in [0.5, 0.6) is 0 Å². The second-order valence-corrected chi connectivity index (χ2v) is 7.86. The summed E-state index contributed by atoms with van der Waals surface area (Å²) in [5.74, 6) is 0. The van der Waals surface area contributed by atoms with Crippen LogP contribution in [0.25, 0.3) is 0 Å². The quantitative estimate of drug-likeness (QED) is 0.785. The Morgan fingerprint density at radius 1 is 1.27 bits per heavy atom. The van der Waals surface area contributed by atoms with Crippen LogP contribution in [0, 0.1) is 0 Å². The van der Waals surface area contributed by atoms with E-state index in [0.29, 0.717) is 39.1 Å². The van der Waals surface area contributed by atoms with E-state index in [4.69, 9.17) is 33.7 Å². The summed E-state index contributed by atoms with van der Waals surface area (Å²) < 4.78 is 32.4. The molecule has 0 aromatic heterocycles. The molecule has 2 rings (SSSR count). The minimum Gasteiger partial charge on any atom is -0.378 e. The number of benzene rings is 1. The molecule has 8 heteroatoms. The lowest BCUT2D eigenvalue weighted by molar-refractivity contribution is 0.0209. The normalized spacial score (nSPS) is 17.8. The van der Waals surface area contributed by atoms with Gasteiger partial charge in [-0.3, -0.25) is 0 Å². The van der Waals surface area contributed by atoms with Gasteiger partial charge in [-0.05, 0) is 37.9 Å². The summed E-state index contributed by atoms with van der Waals surface area (Å²) in [6.45, 7) is 2.05. The van der Waals surface area contributed by atoms with Gasteiger partial charge in [-0.15, -0.1) is 0 Å². The van der Waals surface area contributed by atoms with Gasteiger partial charge in [-0.25, -0.2) is 8.42 Å². The zero-order valence-electron chi connectivity index (χ0n) is 12.2. The highest BCUT2D eigenvalue weighted by atomic mass is 35.5. The summed E-state index contributed by atoms with van der Waals surface area (Å²) in [6.07, 6.45) is 2.24. The summed E-state index contributed by atoms with van der Waals surface area (Å²) >= 11 is 11.9. The minimum atomic E-state index is -3.62. The number of ether oxygens (including phenoxy) is 1. The molecule has 1 aliphatic heterocycles. The van der Waals surface area contributed by atoms with E-state index in [1.54, 1.807) is 12.1 Å². The molecule has 2 N–H and O–H groups in total. The van der Waals surface area contributed by atoms with Crippen molar-refractivity contribution in [3.05, 3.63) is 28.2 Å². The summed E-state index contributed by atoms with van der Waals surface area (Å²) in [7, 11) is -3.62. The van der Waals surface area contributed by atoms with Gasteiger partial charge in [0.1, 0.15) is 4.90 Å². The van der Waals surface area contributed by atoms with Gasteiger partial charge >= 0.3 is 0 Å². The van der Waals surface area contributed by atoms with Crippen LogP contribution in [0.2, 0.25) is 10.0 Å². The van der Waals surface area contributed by atoms with Crippen molar-refractivity contribution < 1.29 is 13.2 Å². The average molecular weight is 367 g/mol. The molecular weight excluding hydrogens is 347 g/mol. The van der Waals surface area contributed by atoms with E-state index >= 15 is 0 Å². The van der Waals surface area contributed by atoms with Crippen molar-refractivity contribution in [2.45, 2.75) is 30.3 Å². The highest BCUT2D eigenvalue weighted by Crippen LogP contribution is 2.32. The van der Waals surface area contributed by atoms with Crippen molar-refractivity contribution in [2.75, 3.05) is 26.2 Å². The van der Waals surface area contributed by atoms with E-state index < -0.39 is 10.0 Å². The Morgan fingerprint density at radius 2 is 1.95 bits per heavy atom. The van der Waals surface area contributed by atoms with Gasteiger partial charge in [0.05, 0.1) is 16.1 Å². The van der Waals surface area contributed by atoms with E-state index in [1.165, 1.54) is 10.4 Å². The Kier molecular flexibility index (Phi) is 6.49. The lowest BCUT2D eigenvalue weighted by Crippen LogP contribution is -2.41. The molecule has 124 valence electrons. The van der Waals surface area contributed by atoms with Crippen LogP contribution in [0.1, 0.15) is 19.3 Å². The number of rotatable bonds is 6. The third-order valence-corrected chi connectivity index (χ3v) is 6.51. The van der Waals surface area contributed by atoms with E-state index in [1.807, 2.05) is 0 Å². The first kappa shape index (κ1) is 18.0. The van der Waals surface area contributed by atoms with Gasteiger partial charge in [0.15, 0.2) is 0 Å². The molecule has 1 aromatic carbocycles. The summed E-state index contributed by atoms with van der Waals surface area (Å²) in [6, 6.07) is 4.64. The van der Waals surface area contributed by atoms with Gasteiger partial charge in [-0.2, -0.15) is 4.31 Å². The number of piperidine rings is 1. The predicted molar refractivity (Wildman–Crippen MR) is 87.9 cm³/mol. The smallest absolute Gasteiger partial charge is 0.244 e. The Morgan fingerprint density at radius 3 is 2.59 bits per heavy atom. The highest BCUT2D eigenvalue weighted by Gasteiger charge is 2.31. The Hall–Kier alpha value is -0.370. The van der Waals surface area contributed by atoms with E-state index in [-0.39, 0.29) is 21.0 Å². The van der Waals surface area contributed by atoms with Crippen molar-refractivity contribution in [2.24, 2.45) is 5.73 Å². The van der Waals surface area contributed by atoms with Gasteiger partial charge in [0.2, 0.25) is 10.0 Å². The summed E-state index contributed by atoms with van der Waals surface area (Å²) in [5.41, 5.74) is 5.42. The van der Waals surface area contributed by atoms with Gasteiger partial charge in [-0.1, -0.05) is 29.3 Å². The molecule has 0 saturated carbocycles. The first-order valence-corrected chi connectivity index (χ1v) is 9.42. The molecule has 1 fully saturated rings. The lowest BCUT2D eigenvalue weighted by atomic mass is 10.1. The zero-order valence-corrected chi connectivity index (χ0v) is 14.5. The fourth-order valence-electron chi connectivity index (χ4n) is 2.39. The molecule has 22 heavy (non-hydrogen) atoms. The van der Waals surface area contributed by atoms with Crippen LogP contribution in [0.4, 0.5) is 0 Å². The first-order valence-electron chi connectivity index (χ1n) is 7.22. The molecule has 0 atom stereocenters. The van der Waals surface area contributed by atoms with Crippen molar-refractivity contribution in [1.29, 1.82) is 0 Å². The fourth-order valence-corrected chi connectivity index (χ4v) is 4.60. The maximum atomic E-state index is 12.7. The molecule has 0 amide bonds. The van der Waals surface area contributed by atoms with Crippen LogP contribution in [-0.4, -0.2) is 45.1 Å². The fraction of sp³-hybridized carbons (Fsp3) is 0.571. The molecule has 0 bridgehead atoms. The minimum absolute atomic E-state index is 0.0594. The van der Waals surface area contributed by atoms with Crippen LogP contribution >= 0.6 is 23.2 Å². The van der Waals surface area contributed by atoms with Crippen LogP contribution in [0.3, 0.4) is 0 Å². The first-order chi connectivity index (χ1) is 10.5. The molecular formula is C14H20Cl2N2O3S. The largest absolute Gasteiger partial charge is 0.378 e. The van der Waals surface area contributed by atoms with Gasteiger partial charge in [0, 0.05) is 19.7 Å². The topological polar surface area (TPSA) is 72.6 Å². The Labute approximate surface area is 141 Å². The monoisotopic (exact) mass is 366 g/mol. The SMILES string of the molecule is NCCCOC1CCN(S(=O)(=O)c2cccc(Cl)c2Cl)CC1. The summed E-state index contributed by atoms with van der Waals surface area (Å²) in [5, 5.41) is 0.313. The number of nitrogens with two attached hydrogens (primary N) is 1. The average Bonchev–Trinajstić information content (AvgIpc) is 2.50. The molecule has 0 spiro atoms. The maximum absolute atomic E-state index is 12.7. The summed E-state index contributed by atoms with van der Waals surface area (Å²) in [4.78, 5) is 0.0594. The van der Waals surface area contributed by atoms with Crippen LogP contribution in [-0.2, 0) is 14.8 Å². The second-order valence-electron chi connectivity index (χ2n) is 5.17. The van der Waals surface area contributed by atoms with Crippen LogP contribution in [0.15, 0.2) is 23.1 Å². The van der Waals surface area contributed by atoms with Crippen molar-refractivity contribution in [3.8, 4) is 0 Å². The third-order valence-electron chi connectivity index (χ3n) is 3.64. The molecule has 1 saturated heterocycles. The highest BCUT2D eigenvalue weighted by molar-refractivity contribution is 7.89. The zero-order chi connectivity index (χ0) is 16.2. The maximum Gasteiger partial charge on any atom is 0.244 e. The number of hydrogen-bond acceptors (Lipinski definition) is 4. The standard InChI is InChI=1S/C14H20Cl2N2O3S/c15-12-3-1-4-13(14(12)16)22(19,20)18-8-5-11(6-9-18)21-10-2-7-17/h1,3-4,11H,2,5-10,17H2. The molecule has 1 heterocycles. The number of halogens is 2. The van der Waals surface area contributed by atoms with Crippen molar-refractivity contribution in [1.82, 2.24) is 4.31 Å². The lowest BCUT2D eigenvalue weighted by Gasteiger charge is -2.31. The molecule has 1 aromatic rings. The molecule has 1 aliphatic rings. The van der Waals surface area contributed by atoms with E-state index in [2.05, 4.69) is 0 Å². The Bertz CT molecular complexity index is 602. The van der Waals surface area contributed by atoms with Crippen molar-refractivity contribution in [3.63, 3.8) is 0 Å². The predicted octanol–water partition coefficient (Wildman–Crippen LogP) is 2.51. The molecule has 0 radical (unpaired) electrons. The number of hydrogen-bond donors (Lipinski definition) is 1. The molecule has 5 nitrogen and oxygen atoms in total. The van der Waals surface area contributed by atoms with E-state index in [9.17, 15) is 8.42 Å². The molecule has 0 unspecified atom stereocenters. The molecule has 0 aliphatic carbocycles.